The molecular weight excluding hydrogens is 463 g/mol. The fraction of sp³-hybridized carbons (Fsp3) is 0.0500. The van der Waals surface area contributed by atoms with Crippen molar-refractivity contribution in [3.63, 3.8) is 0 Å². The van der Waals surface area contributed by atoms with Crippen LogP contribution in [0, 0.1) is 5.82 Å². The zero-order chi connectivity index (χ0) is 21.0. The van der Waals surface area contributed by atoms with Gasteiger partial charge in [-0.25, -0.2) is 12.8 Å². The van der Waals surface area contributed by atoms with E-state index in [4.69, 9.17) is 4.74 Å². The Labute approximate surface area is 175 Å². The largest absolute Gasteiger partial charge is 0.497 e. The van der Waals surface area contributed by atoms with Gasteiger partial charge in [0.1, 0.15) is 11.6 Å². The summed E-state index contributed by atoms with van der Waals surface area (Å²) in [5.74, 6) is -0.677. The number of anilines is 2. The average molecular weight is 479 g/mol. The second-order valence-electron chi connectivity index (χ2n) is 5.94. The van der Waals surface area contributed by atoms with Crippen LogP contribution in [0.3, 0.4) is 0 Å². The summed E-state index contributed by atoms with van der Waals surface area (Å²) in [4.78, 5) is 12.3. The van der Waals surface area contributed by atoms with Gasteiger partial charge in [0.05, 0.1) is 17.7 Å². The first kappa shape index (κ1) is 20.8. The Morgan fingerprint density at radius 1 is 1.03 bits per heavy atom. The highest BCUT2D eigenvalue weighted by Gasteiger charge is 2.16. The third-order valence-corrected chi connectivity index (χ3v) is 5.80. The van der Waals surface area contributed by atoms with E-state index in [1.165, 1.54) is 55.6 Å². The Bertz CT molecular complexity index is 1150. The number of amides is 1. The molecule has 0 fully saturated rings. The number of halogens is 2. The van der Waals surface area contributed by atoms with Crippen LogP contribution >= 0.6 is 15.9 Å². The van der Waals surface area contributed by atoms with Crippen molar-refractivity contribution >= 4 is 43.2 Å². The predicted octanol–water partition coefficient (Wildman–Crippen LogP) is 4.65. The molecule has 0 spiro atoms. The van der Waals surface area contributed by atoms with Crippen LogP contribution in [-0.2, 0) is 10.0 Å². The van der Waals surface area contributed by atoms with Crippen molar-refractivity contribution in [3.8, 4) is 5.75 Å². The second-order valence-corrected chi connectivity index (χ2v) is 8.54. The highest BCUT2D eigenvalue weighted by Crippen LogP contribution is 2.22. The highest BCUT2D eigenvalue weighted by atomic mass is 79.9. The van der Waals surface area contributed by atoms with Gasteiger partial charge in [-0.15, -0.1) is 0 Å². The van der Waals surface area contributed by atoms with E-state index in [0.29, 0.717) is 10.2 Å². The van der Waals surface area contributed by atoms with E-state index < -0.39 is 21.7 Å². The summed E-state index contributed by atoms with van der Waals surface area (Å²) in [6, 6.07) is 16.1. The lowest BCUT2D eigenvalue weighted by molar-refractivity contribution is 0.102. The minimum absolute atomic E-state index is 0.0426. The van der Waals surface area contributed by atoms with Gasteiger partial charge >= 0.3 is 0 Å². The molecule has 1 amide bonds. The number of methoxy groups -OCH3 is 1. The number of benzene rings is 3. The van der Waals surface area contributed by atoms with Crippen LogP contribution in [0.15, 0.2) is 76.1 Å². The monoisotopic (exact) mass is 478 g/mol. The van der Waals surface area contributed by atoms with Crippen molar-refractivity contribution in [2.24, 2.45) is 0 Å². The minimum Gasteiger partial charge on any atom is -0.497 e. The first-order valence-electron chi connectivity index (χ1n) is 8.32. The van der Waals surface area contributed by atoms with Crippen molar-refractivity contribution in [1.29, 1.82) is 0 Å². The predicted molar refractivity (Wildman–Crippen MR) is 112 cm³/mol. The quantitative estimate of drug-likeness (QED) is 0.539. The van der Waals surface area contributed by atoms with E-state index in [2.05, 4.69) is 26.0 Å². The van der Waals surface area contributed by atoms with Gasteiger partial charge in [0, 0.05) is 21.8 Å². The maximum atomic E-state index is 13.9. The molecule has 0 aromatic heterocycles. The summed E-state index contributed by atoms with van der Waals surface area (Å²) in [5, 5.41) is 2.47. The van der Waals surface area contributed by atoms with E-state index in [1.807, 2.05) is 0 Å². The summed E-state index contributed by atoms with van der Waals surface area (Å²) in [7, 11) is -2.37. The number of ether oxygens (including phenoxy) is 1. The molecule has 3 aromatic carbocycles. The first-order valence-corrected chi connectivity index (χ1v) is 10.6. The summed E-state index contributed by atoms with van der Waals surface area (Å²) >= 11 is 3.15. The number of nitrogens with one attached hydrogen (secondary N) is 2. The van der Waals surface area contributed by atoms with Gasteiger partial charge in [-0.3, -0.25) is 9.52 Å². The van der Waals surface area contributed by atoms with Crippen molar-refractivity contribution in [2.75, 3.05) is 17.1 Å². The molecule has 0 saturated heterocycles. The third kappa shape index (κ3) is 5.12. The second kappa shape index (κ2) is 8.62. The normalized spacial score (nSPS) is 11.0. The zero-order valence-corrected chi connectivity index (χ0v) is 17.6. The number of sulfonamides is 1. The lowest BCUT2D eigenvalue weighted by Crippen LogP contribution is -2.14. The Hall–Kier alpha value is -2.91. The number of rotatable bonds is 6. The van der Waals surface area contributed by atoms with Gasteiger partial charge in [0.25, 0.3) is 15.9 Å². The third-order valence-electron chi connectivity index (χ3n) is 3.93. The molecule has 0 bridgehead atoms. The van der Waals surface area contributed by atoms with Crippen molar-refractivity contribution in [1.82, 2.24) is 0 Å². The molecule has 0 aliphatic carbocycles. The van der Waals surface area contributed by atoms with Crippen molar-refractivity contribution in [2.45, 2.75) is 4.90 Å². The Balaban J connectivity index is 1.73. The van der Waals surface area contributed by atoms with E-state index in [0.717, 1.165) is 0 Å². The van der Waals surface area contributed by atoms with Crippen LogP contribution < -0.4 is 14.8 Å². The molecule has 2 N–H and O–H groups in total. The fourth-order valence-corrected chi connectivity index (χ4v) is 3.88. The average Bonchev–Trinajstić information content (AvgIpc) is 2.70. The van der Waals surface area contributed by atoms with E-state index >= 15 is 0 Å². The zero-order valence-electron chi connectivity index (χ0n) is 15.1. The molecule has 29 heavy (non-hydrogen) atoms. The molecule has 0 unspecified atom stereocenters. The maximum absolute atomic E-state index is 13.9. The van der Waals surface area contributed by atoms with E-state index in [-0.39, 0.29) is 21.8 Å². The van der Waals surface area contributed by atoms with Crippen LogP contribution in [0.5, 0.6) is 5.75 Å². The topological polar surface area (TPSA) is 84.5 Å². The maximum Gasteiger partial charge on any atom is 0.262 e. The summed E-state index contributed by atoms with van der Waals surface area (Å²) in [6.45, 7) is 0. The van der Waals surface area contributed by atoms with Crippen LogP contribution in [0.25, 0.3) is 0 Å². The lowest BCUT2D eigenvalue weighted by Gasteiger charge is -2.10. The standard InChI is InChI=1S/C20H16BrFN2O4S/c1-28-16-3-2-4-17(12-16)29(26,27)24-15-8-5-13(6-9-15)20(25)23-19-10-7-14(21)11-18(19)22/h2-12,24H,1H3,(H,23,25). The number of carbonyl (C=O) groups is 1. The molecule has 0 atom stereocenters. The van der Waals surface area contributed by atoms with Gasteiger partial charge in [-0.2, -0.15) is 0 Å². The van der Waals surface area contributed by atoms with E-state index in [9.17, 15) is 17.6 Å². The van der Waals surface area contributed by atoms with Gasteiger partial charge in [-0.1, -0.05) is 22.0 Å². The van der Waals surface area contributed by atoms with Crippen molar-refractivity contribution < 1.29 is 22.3 Å². The SMILES string of the molecule is COc1cccc(S(=O)(=O)Nc2ccc(C(=O)Nc3ccc(Br)cc3F)cc2)c1. The molecule has 3 rings (SSSR count). The van der Waals surface area contributed by atoms with Crippen LogP contribution in [0.4, 0.5) is 15.8 Å². The smallest absolute Gasteiger partial charge is 0.262 e. The van der Waals surface area contributed by atoms with Gasteiger partial charge in [0.15, 0.2) is 0 Å². The Morgan fingerprint density at radius 3 is 2.41 bits per heavy atom. The number of hydrogen-bond donors (Lipinski definition) is 2. The lowest BCUT2D eigenvalue weighted by atomic mass is 10.2. The number of carbonyl (C=O) groups excluding carboxylic acids is 1. The first-order chi connectivity index (χ1) is 13.8. The molecule has 0 aliphatic rings. The van der Waals surface area contributed by atoms with Crippen molar-refractivity contribution in [3.05, 3.63) is 82.6 Å². The van der Waals surface area contributed by atoms with Crippen LogP contribution in [-0.4, -0.2) is 21.4 Å². The molecule has 9 heteroatoms. The van der Waals surface area contributed by atoms with Crippen LogP contribution in [0.2, 0.25) is 0 Å². The molecule has 150 valence electrons. The minimum atomic E-state index is -3.82. The molecule has 0 heterocycles. The Kier molecular flexibility index (Phi) is 6.19. The van der Waals surface area contributed by atoms with Crippen LogP contribution in [0.1, 0.15) is 10.4 Å². The van der Waals surface area contributed by atoms with Gasteiger partial charge in [0.2, 0.25) is 0 Å². The van der Waals surface area contributed by atoms with Gasteiger partial charge in [-0.05, 0) is 54.6 Å². The molecular formula is C20H16BrFN2O4S. The van der Waals surface area contributed by atoms with Gasteiger partial charge < -0.3 is 10.1 Å². The fourth-order valence-electron chi connectivity index (χ4n) is 2.46. The van der Waals surface area contributed by atoms with E-state index in [1.54, 1.807) is 18.2 Å². The molecule has 0 radical (unpaired) electrons. The highest BCUT2D eigenvalue weighted by molar-refractivity contribution is 9.10. The molecule has 6 nitrogen and oxygen atoms in total. The molecule has 3 aromatic rings. The number of hydrogen-bond acceptors (Lipinski definition) is 4. The summed E-state index contributed by atoms with van der Waals surface area (Å²) in [5.41, 5.74) is 0.567. The summed E-state index contributed by atoms with van der Waals surface area (Å²) in [6.07, 6.45) is 0. The Morgan fingerprint density at radius 2 is 1.76 bits per heavy atom. The molecule has 0 saturated carbocycles. The summed E-state index contributed by atoms with van der Waals surface area (Å²) < 4.78 is 46.9. The molecule has 0 aliphatic heterocycles.